The number of aromatic nitrogens is 3. The molecule has 0 unspecified atom stereocenters. The van der Waals surface area contributed by atoms with Crippen LogP contribution >= 0.6 is 23.4 Å². The summed E-state index contributed by atoms with van der Waals surface area (Å²) in [5.41, 5.74) is 0.755. The van der Waals surface area contributed by atoms with E-state index in [0.717, 1.165) is 17.3 Å². The van der Waals surface area contributed by atoms with Gasteiger partial charge in [0, 0.05) is 12.1 Å². The number of rotatable bonds is 6. The molecule has 1 heterocycles. The van der Waals surface area contributed by atoms with Crippen molar-refractivity contribution >= 4 is 29.3 Å². The van der Waals surface area contributed by atoms with Crippen LogP contribution < -0.4 is 0 Å². The molecular weight excluding hydrogens is 298 g/mol. The van der Waals surface area contributed by atoms with Gasteiger partial charge in [-0.25, -0.2) is 0 Å². The van der Waals surface area contributed by atoms with Crippen molar-refractivity contribution in [2.75, 3.05) is 5.75 Å². The van der Waals surface area contributed by atoms with Crippen LogP contribution in [0.25, 0.3) is 11.4 Å². The van der Waals surface area contributed by atoms with Crippen molar-refractivity contribution in [3.63, 3.8) is 0 Å². The van der Waals surface area contributed by atoms with E-state index in [1.807, 2.05) is 18.2 Å². The summed E-state index contributed by atoms with van der Waals surface area (Å²) in [6.45, 7) is 4.18. The van der Waals surface area contributed by atoms with Crippen LogP contribution in [0, 0.1) is 0 Å². The Kier molecular flexibility index (Phi) is 4.81. The predicted octanol–water partition coefficient (Wildman–Crippen LogP) is 2.96. The van der Waals surface area contributed by atoms with Crippen molar-refractivity contribution in [2.45, 2.75) is 11.7 Å². The van der Waals surface area contributed by atoms with Crippen LogP contribution in [0.4, 0.5) is 0 Å². The molecular formula is C13H12ClN3O2S. The number of nitrogens with zero attached hydrogens (tertiary/aromatic N) is 3. The smallest absolute Gasteiger partial charge is 0.313 e. The Morgan fingerprint density at radius 2 is 2.20 bits per heavy atom. The highest BCUT2D eigenvalue weighted by atomic mass is 35.5. The molecule has 2 rings (SSSR count). The fourth-order valence-corrected chi connectivity index (χ4v) is 2.55. The lowest BCUT2D eigenvalue weighted by Gasteiger charge is -2.08. The van der Waals surface area contributed by atoms with Gasteiger partial charge in [-0.3, -0.25) is 9.36 Å². The third-order valence-corrected chi connectivity index (χ3v) is 3.75. The summed E-state index contributed by atoms with van der Waals surface area (Å²) >= 11 is 7.28. The lowest BCUT2D eigenvalue weighted by molar-refractivity contribution is -0.133. The maximum atomic E-state index is 10.7. The third-order valence-electron chi connectivity index (χ3n) is 2.47. The second kappa shape index (κ2) is 6.58. The van der Waals surface area contributed by atoms with Crippen molar-refractivity contribution in [2.24, 2.45) is 0 Å². The molecule has 0 aliphatic heterocycles. The zero-order valence-corrected chi connectivity index (χ0v) is 12.1. The van der Waals surface area contributed by atoms with Crippen LogP contribution in [-0.2, 0) is 11.3 Å². The highest BCUT2D eigenvalue weighted by Gasteiger charge is 2.16. The molecule has 1 aromatic heterocycles. The van der Waals surface area contributed by atoms with Gasteiger partial charge in [0.25, 0.3) is 0 Å². The van der Waals surface area contributed by atoms with E-state index in [9.17, 15) is 4.79 Å². The zero-order chi connectivity index (χ0) is 14.5. The highest BCUT2D eigenvalue weighted by Crippen LogP contribution is 2.29. The molecule has 1 aromatic carbocycles. The zero-order valence-electron chi connectivity index (χ0n) is 10.5. The van der Waals surface area contributed by atoms with Gasteiger partial charge < -0.3 is 5.11 Å². The number of halogens is 1. The normalized spacial score (nSPS) is 10.4. The molecule has 1 N–H and O–H groups in total. The van der Waals surface area contributed by atoms with Crippen LogP contribution in [0.3, 0.4) is 0 Å². The standard InChI is InChI=1S/C13H12ClN3O2S/c1-2-7-17-12(9-5-3-4-6-10(9)14)15-16-13(17)20-8-11(18)19/h2-6H,1,7-8H2,(H,18,19). The first kappa shape index (κ1) is 14.6. The molecule has 0 fully saturated rings. The summed E-state index contributed by atoms with van der Waals surface area (Å²) in [5.74, 6) is -0.372. The second-order valence-electron chi connectivity index (χ2n) is 3.87. The van der Waals surface area contributed by atoms with E-state index in [4.69, 9.17) is 16.7 Å². The Morgan fingerprint density at radius 1 is 1.45 bits per heavy atom. The number of carbonyl (C=O) groups is 1. The molecule has 7 heteroatoms. The summed E-state index contributed by atoms with van der Waals surface area (Å²) in [7, 11) is 0. The van der Waals surface area contributed by atoms with Crippen LogP contribution in [0.1, 0.15) is 0 Å². The Balaban J connectivity index is 2.41. The van der Waals surface area contributed by atoms with Crippen molar-refractivity contribution in [1.82, 2.24) is 14.8 Å². The summed E-state index contributed by atoms with van der Waals surface area (Å²) in [4.78, 5) is 10.7. The number of carboxylic acid groups (broad SMARTS) is 1. The monoisotopic (exact) mass is 309 g/mol. The molecule has 0 saturated heterocycles. The Labute approximate surface area is 125 Å². The Bertz CT molecular complexity index is 642. The number of hydrogen-bond donors (Lipinski definition) is 1. The highest BCUT2D eigenvalue weighted by molar-refractivity contribution is 7.99. The number of aliphatic carboxylic acids is 1. The average Bonchev–Trinajstić information content (AvgIpc) is 2.80. The Morgan fingerprint density at radius 3 is 2.85 bits per heavy atom. The molecule has 0 spiro atoms. The quantitative estimate of drug-likeness (QED) is 0.656. The van der Waals surface area contributed by atoms with E-state index in [2.05, 4.69) is 16.8 Å². The molecule has 2 aromatic rings. The topological polar surface area (TPSA) is 68.0 Å². The molecule has 5 nitrogen and oxygen atoms in total. The Hall–Kier alpha value is -1.79. The maximum Gasteiger partial charge on any atom is 0.313 e. The number of benzene rings is 1. The summed E-state index contributed by atoms with van der Waals surface area (Å²) < 4.78 is 1.79. The van der Waals surface area contributed by atoms with Gasteiger partial charge in [-0.05, 0) is 12.1 Å². The van der Waals surface area contributed by atoms with Crippen molar-refractivity contribution in [3.05, 3.63) is 41.9 Å². The SMILES string of the molecule is C=CCn1c(SCC(=O)O)nnc1-c1ccccc1Cl. The molecule has 20 heavy (non-hydrogen) atoms. The van der Waals surface area contributed by atoms with Gasteiger partial charge in [0.1, 0.15) is 0 Å². The van der Waals surface area contributed by atoms with Gasteiger partial charge in [-0.1, -0.05) is 41.6 Å². The van der Waals surface area contributed by atoms with Crippen molar-refractivity contribution in [3.8, 4) is 11.4 Å². The molecule has 0 radical (unpaired) electrons. The van der Waals surface area contributed by atoms with Crippen LogP contribution in [0.2, 0.25) is 5.02 Å². The predicted molar refractivity (Wildman–Crippen MR) is 79.0 cm³/mol. The van der Waals surface area contributed by atoms with E-state index in [1.54, 1.807) is 16.7 Å². The van der Waals surface area contributed by atoms with Crippen molar-refractivity contribution < 1.29 is 9.90 Å². The summed E-state index contributed by atoms with van der Waals surface area (Å²) in [5, 5.41) is 18.0. The maximum absolute atomic E-state index is 10.7. The fourth-order valence-electron chi connectivity index (χ4n) is 1.66. The first-order valence-corrected chi connectivity index (χ1v) is 7.13. The minimum absolute atomic E-state index is 0.0716. The summed E-state index contributed by atoms with van der Waals surface area (Å²) in [6, 6.07) is 7.31. The van der Waals surface area contributed by atoms with Crippen LogP contribution in [0.5, 0.6) is 0 Å². The van der Waals surface area contributed by atoms with Gasteiger partial charge in [0.2, 0.25) is 0 Å². The van der Waals surface area contributed by atoms with E-state index in [0.29, 0.717) is 22.5 Å². The first-order valence-electron chi connectivity index (χ1n) is 5.77. The number of thioether (sulfide) groups is 1. The molecule has 0 atom stereocenters. The van der Waals surface area contributed by atoms with Crippen LogP contribution in [-0.4, -0.2) is 31.6 Å². The van der Waals surface area contributed by atoms with Gasteiger partial charge >= 0.3 is 5.97 Å². The van der Waals surface area contributed by atoms with E-state index in [-0.39, 0.29) is 5.75 Å². The van der Waals surface area contributed by atoms with E-state index >= 15 is 0 Å². The van der Waals surface area contributed by atoms with Gasteiger partial charge in [-0.15, -0.1) is 16.8 Å². The third kappa shape index (κ3) is 3.20. The van der Waals surface area contributed by atoms with E-state index < -0.39 is 5.97 Å². The van der Waals surface area contributed by atoms with Crippen molar-refractivity contribution in [1.29, 1.82) is 0 Å². The molecule has 104 valence electrons. The summed E-state index contributed by atoms with van der Waals surface area (Å²) in [6.07, 6.45) is 1.70. The molecule has 0 aliphatic carbocycles. The average molecular weight is 310 g/mol. The van der Waals surface area contributed by atoms with Gasteiger partial charge in [0.15, 0.2) is 11.0 Å². The lowest BCUT2D eigenvalue weighted by Crippen LogP contribution is -2.04. The molecule has 0 aliphatic rings. The fraction of sp³-hybridized carbons (Fsp3) is 0.154. The molecule has 0 bridgehead atoms. The number of carboxylic acids is 1. The number of allylic oxidation sites excluding steroid dienone is 1. The van der Waals surface area contributed by atoms with Gasteiger partial charge in [0.05, 0.1) is 10.8 Å². The second-order valence-corrected chi connectivity index (χ2v) is 5.22. The van der Waals surface area contributed by atoms with Crippen LogP contribution in [0.15, 0.2) is 42.1 Å². The number of hydrogen-bond acceptors (Lipinski definition) is 4. The lowest BCUT2D eigenvalue weighted by atomic mass is 10.2. The largest absolute Gasteiger partial charge is 0.481 e. The molecule has 0 saturated carbocycles. The van der Waals surface area contributed by atoms with E-state index in [1.165, 1.54) is 0 Å². The minimum atomic E-state index is -0.901. The molecule has 0 amide bonds. The van der Waals surface area contributed by atoms with Gasteiger partial charge in [-0.2, -0.15) is 0 Å². The minimum Gasteiger partial charge on any atom is -0.481 e. The first-order chi connectivity index (χ1) is 9.63.